The summed E-state index contributed by atoms with van der Waals surface area (Å²) in [5, 5.41) is 55.9. The van der Waals surface area contributed by atoms with Gasteiger partial charge in [0.15, 0.2) is 0 Å². The van der Waals surface area contributed by atoms with Crippen LogP contribution in [0.2, 0.25) is 0 Å². The number of amides is 2. The number of carboxylic acids is 2. The highest BCUT2D eigenvalue weighted by Crippen LogP contribution is 2.28. The smallest absolute Gasteiger partial charge is 0.317 e. The van der Waals surface area contributed by atoms with E-state index in [0.29, 0.717) is 12.8 Å². The average Bonchev–Trinajstić information content (AvgIpc) is 2.82. The van der Waals surface area contributed by atoms with E-state index in [1.54, 1.807) is 4.90 Å². The predicted molar refractivity (Wildman–Crippen MR) is 126 cm³/mol. The van der Waals surface area contributed by atoms with Gasteiger partial charge in [0, 0.05) is 38.3 Å². The molecular formula is C22H40N4O10. The first kappa shape index (κ1) is 31.7. The molecular weight excluding hydrogens is 480 g/mol. The fraction of sp³-hybridized carbons (Fsp3) is 0.818. The van der Waals surface area contributed by atoms with Crippen LogP contribution in [-0.2, 0) is 19.2 Å². The van der Waals surface area contributed by atoms with Crippen molar-refractivity contribution in [2.75, 3.05) is 78.8 Å². The van der Waals surface area contributed by atoms with Gasteiger partial charge in [-0.3, -0.25) is 29.0 Å². The van der Waals surface area contributed by atoms with Gasteiger partial charge in [0.2, 0.25) is 11.8 Å². The molecule has 0 aliphatic heterocycles. The van der Waals surface area contributed by atoms with Gasteiger partial charge < -0.3 is 40.4 Å². The lowest BCUT2D eigenvalue weighted by molar-refractivity contribution is -0.146. The molecule has 1 aliphatic rings. The molecule has 0 aromatic heterocycles. The van der Waals surface area contributed by atoms with Crippen LogP contribution in [0.15, 0.2) is 0 Å². The van der Waals surface area contributed by atoms with E-state index >= 15 is 0 Å². The number of carbonyl (C=O) groups is 4. The fourth-order valence-electron chi connectivity index (χ4n) is 4.62. The van der Waals surface area contributed by atoms with Gasteiger partial charge in [-0.1, -0.05) is 12.8 Å². The molecule has 2 amide bonds. The van der Waals surface area contributed by atoms with E-state index in [2.05, 4.69) is 0 Å². The van der Waals surface area contributed by atoms with Gasteiger partial charge in [-0.05, 0) is 12.8 Å². The van der Waals surface area contributed by atoms with Crippen LogP contribution < -0.4 is 0 Å². The lowest BCUT2D eigenvalue weighted by atomic mass is 9.87. The van der Waals surface area contributed by atoms with Gasteiger partial charge in [0.1, 0.15) is 0 Å². The first-order valence-electron chi connectivity index (χ1n) is 12.1. The molecule has 0 radical (unpaired) electrons. The highest BCUT2D eigenvalue weighted by Gasteiger charge is 2.38. The normalized spacial score (nSPS) is 17.8. The van der Waals surface area contributed by atoms with Crippen LogP contribution in [0.3, 0.4) is 0 Å². The summed E-state index contributed by atoms with van der Waals surface area (Å²) >= 11 is 0. The van der Waals surface area contributed by atoms with Crippen molar-refractivity contribution in [2.24, 2.45) is 0 Å². The van der Waals surface area contributed by atoms with Gasteiger partial charge in [-0.2, -0.15) is 0 Å². The van der Waals surface area contributed by atoms with Gasteiger partial charge in [0.25, 0.3) is 0 Å². The van der Waals surface area contributed by atoms with Crippen LogP contribution in [-0.4, -0.2) is 165 Å². The molecule has 0 spiro atoms. The number of aliphatic carboxylic acids is 2. The number of aliphatic hydroxyl groups excluding tert-OH is 4. The van der Waals surface area contributed by atoms with Crippen LogP contribution in [0.4, 0.5) is 0 Å². The molecule has 14 heteroatoms. The number of nitrogens with zero attached hydrogens (tertiary/aromatic N) is 4. The van der Waals surface area contributed by atoms with Crippen molar-refractivity contribution < 1.29 is 49.8 Å². The molecule has 0 heterocycles. The summed E-state index contributed by atoms with van der Waals surface area (Å²) < 4.78 is 0. The number of hydrogen-bond acceptors (Lipinski definition) is 10. The Balaban J connectivity index is 3.31. The molecule has 1 rings (SSSR count). The molecule has 0 aromatic rings. The summed E-state index contributed by atoms with van der Waals surface area (Å²) in [6.07, 6.45) is 2.40. The zero-order valence-corrected chi connectivity index (χ0v) is 20.6. The van der Waals surface area contributed by atoms with Crippen LogP contribution in [0.5, 0.6) is 0 Å². The Kier molecular flexibility index (Phi) is 15.1. The molecule has 208 valence electrons. The van der Waals surface area contributed by atoms with E-state index in [1.807, 2.05) is 0 Å². The summed E-state index contributed by atoms with van der Waals surface area (Å²) in [5.74, 6) is -3.33. The second-order valence-corrected chi connectivity index (χ2v) is 8.67. The lowest BCUT2D eigenvalue weighted by Crippen LogP contribution is -2.59. The highest BCUT2D eigenvalue weighted by atomic mass is 16.4. The molecule has 0 aromatic carbocycles. The maximum Gasteiger partial charge on any atom is 0.317 e. The van der Waals surface area contributed by atoms with Crippen LogP contribution >= 0.6 is 0 Å². The first-order valence-corrected chi connectivity index (χ1v) is 12.1. The summed E-state index contributed by atoms with van der Waals surface area (Å²) in [7, 11) is 0. The van der Waals surface area contributed by atoms with Crippen molar-refractivity contribution in [3.05, 3.63) is 0 Å². The summed E-state index contributed by atoms with van der Waals surface area (Å²) in [4.78, 5) is 54.5. The lowest BCUT2D eigenvalue weighted by Gasteiger charge is -2.44. The van der Waals surface area contributed by atoms with Gasteiger partial charge >= 0.3 is 11.9 Å². The second kappa shape index (κ2) is 17.2. The molecule has 6 N–H and O–H groups in total. The van der Waals surface area contributed by atoms with Crippen molar-refractivity contribution in [3.63, 3.8) is 0 Å². The molecule has 0 saturated heterocycles. The number of rotatable bonds is 18. The Labute approximate surface area is 210 Å². The van der Waals surface area contributed by atoms with Crippen molar-refractivity contribution in [1.82, 2.24) is 19.6 Å². The van der Waals surface area contributed by atoms with E-state index in [0.717, 1.165) is 12.8 Å². The fourth-order valence-corrected chi connectivity index (χ4v) is 4.62. The Hall–Kier alpha value is -2.36. The molecule has 0 bridgehead atoms. The molecule has 36 heavy (non-hydrogen) atoms. The Morgan fingerprint density at radius 3 is 1.14 bits per heavy atom. The Morgan fingerprint density at radius 1 is 0.556 bits per heavy atom. The van der Waals surface area contributed by atoms with E-state index in [1.165, 1.54) is 14.7 Å². The Morgan fingerprint density at radius 2 is 0.861 bits per heavy atom. The Bertz CT molecular complexity index is 652. The van der Waals surface area contributed by atoms with E-state index in [4.69, 9.17) is 0 Å². The average molecular weight is 521 g/mol. The first-order chi connectivity index (χ1) is 17.2. The van der Waals surface area contributed by atoms with Crippen LogP contribution in [0.25, 0.3) is 0 Å². The summed E-state index contributed by atoms with van der Waals surface area (Å²) in [6, 6.07) is -1.08. The van der Waals surface area contributed by atoms with Crippen molar-refractivity contribution in [1.29, 1.82) is 0 Å². The molecule has 14 nitrogen and oxygen atoms in total. The standard InChI is InChI=1S/C22H40N4O10/c27-9-5-23(6-10-28)19(31)13-25(14-20(32)24(7-11-29)8-12-30)17-3-1-2-4-18(17)26(15-21(33)34)16-22(35)36/h17-18,27-30H,1-16H2,(H,33,34)(H,35,36)/t17-,18-/m1/s1. The summed E-state index contributed by atoms with van der Waals surface area (Å²) in [6.45, 7) is -3.05. The quantitative estimate of drug-likeness (QED) is 0.105. The van der Waals surface area contributed by atoms with E-state index in [9.17, 15) is 49.8 Å². The number of carboxylic acid groups (broad SMARTS) is 2. The van der Waals surface area contributed by atoms with Gasteiger partial charge in [0.05, 0.1) is 52.6 Å². The predicted octanol–water partition coefficient (Wildman–Crippen LogP) is -3.30. The van der Waals surface area contributed by atoms with E-state index < -0.39 is 48.9 Å². The molecule has 1 aliphatic carbocycles. The largest absolute Gasteiger partial charge is 0.480 e. The maximum atomic E-state index is 13.1. The third-order valence-electron chi connectivity index (χ3n) is 6.17. The zero-order valence-electron chi connectivity index (χ0n) is 20.6. The topological polar surface area (TPSA) is 203 Å². The van der Waals surface area contributed by atoms with Crippen molar-refractivity contribution in [3.8, 4) is 0 Å². The summed E-state index contributed by atoms with van der Waals surface area (Å²) in [5.41, 5.74) is 0. The SMILES string of the molecule is O=C(O)CN(CC(=O)O)[C@@H]1CCCC[C@H]1N(CC(=O)N(CCO)CCO)CC(=O)N(CCO)CCO. The molecule has 2 atom stereocenters. The van der Waals surface area contributed by atoms with Crippen molar-refractivity contribution in [2.45, 2.75) is 37.8 Å². The monoisotopic (exact) mass is 520 g/mol. The minimum Gasteiger partial charge on any atom is -0.480 e. The van der Waals surface area contributed by atoms with Crippen LogP contribution in [0.1, 0.15) is 25.7 Å². The number of hydrogen-bond donors (Lipinski definition) is 6. The number of carbonyl (C=O) groups excluding carboxylic acids is 2. The van der Waals surface area contributed by atoms with E-state index in [-0.39, 0.29) is 65.7 Å². The van der Waals surface area contributed by atoms with Gasteiger partial charge in [-0.25, -0.2) is 0 Å². The molecule has 1 saturated carbocycles. The van der Waals surface area contributed by atoms with Crippen LogP contribution in [0, 0.1) is 0 Å². The zero-order chi connectivity index (χ0) is 27.1. The van der Waals surface area contributed by atoms with Gasteiger partial charge in [-0.15, -0.1) is 0 Å². The van der Waals surface area contributed by atoms with Crippen molar-refractivity contribution >= 4 is 23.8 Å². The minimum absolute atomic E-state index is 0.0272. The third kappa shape index (κ3) is 10.7. The number of aliphatic hydroxyl groups is 4. The highest BCUT2D eigenvalue weighted by molar-refractivity contribution is 5.81. The maximum absolute atomic E-state index is 13.1. The third-order valence-corrected chi connectivity index (χ3v) is 6.17. The molecule has 0 unspecified atom stereocenters. The minimum atomic E-state index is -1.20. The second-order valence-electron chi connectivity index (χ2n) is 8.67. The molecule has 1 fully saturated rings.